The molecule has 0 unspecified atom stereocenters. The number of benzene rings is 2. The number of aliphatic hydroxyl groups excluding tert-OH is 2. The number of carbonyl (C=O) groups excluding carboxylic acids is 1. The summed E-state index contributed by atoms with van der Waals surface area (Å²) in [6.07, 6.45) is -0.302. The Morgan fingerprint density at radius 1 is 1.19 bits per heavy atom. The van der Waals surface area contributed by atoms with Crippen LogP contribution in [0.15, 0.2) is 42.5 Å². The molecule has 0 spiro atoms. The second-order valence-electron chi connectivity index (χ2n) is 8.72. The van der Waals surface area contributed by atoms with Crippen LogP contribution in [0.25, 0.3) is 22.0 Å². The van der Waals surface area contributed by atoms with Gasteiger partial charge in [-0.05, 0) is 59.7 Å². The van der Waals surface area contributed by atoms with Gasteiger partial charge in [0.2, 0.25) is 0 Å². The van der Waals surface area contributed by atoms with E-state index in [0.717, 1.165) is 46.1 Å². The normalized spacial score (nSPS) is 18.9. The van der Waals surface area contributed by atoms with E-state index in [-0.39, 0.29) is 44.2 Å². The molecule has 0 radical (unpaired) electrons. The Bertz CT molecular complexity index is 1180. The van der Waals surface area contributed by atoms with Crippen molar-refractivity contribution in [2.75, 3.05) is 0 Å². The van der Waals surface area contributed by atoms with Gasteiger partial charge in [0.05, 0.1) is 17.7 Å². The van der Waals surface area contributed by atoms with Crippen LogP contribution in [-0.2, 0) is 11.2 Å². The summed E-state index contributed by atoms with van der Waals surface area (Å²) in [5.41, 5.74) is 5.60. The molecule has 7 heteroatoms. The average molecular weight is 461 g/mol. The minimum Gasteiger partial charge on any atom is -0.550 e. The van der Waals surface area contributed by atoms with Gasteiger partial charge in [0.1, 0.15) is 5.82 Å². The summed E-state index contributed by atoms with van der Waals surface area (Å²) < 4.78 is 14.2. The number of carboxylic acids is 1. The van der Waals surface area contributed by atoms with E-state index >= 15 is 0 Å². The maximum atomic E-state index is 14.2. The van der Waals surface area contributed by atoms with Crippen LogP contribution in [0.3, 0.4) is 0 Å². The molecule has 1 aromatic heterocycles. The fraction of sp³-hybridized carbons (Fsp3) is 0.360. The third-order valence-corrected chi connectivity index (χ3v) is 6.48. The molecule has 5 rings (SSSR count). The van der Waals surface area contributed by atoms with Crippen LogP contribution < -0.4 is 5.11 Å². The van der Waals surface area contributed by atoms with E-state index in [1.165, 1.54) is 12.1 Å². The summed E-state index contributed by atoms with van der Waals surface area (Å²) in [6.45, 7) is 0. The van der Waals surface area contributed by atoms with Crippen molar-refractivity contribution in [1.82, 2.24) is 4.98 Å². The molecule has 0 saturated heterocycles. The minimum atomic E-state index is -1.37. The molecule has 0 amide bonds. The molecule has 2 N–H and O–H groups in total. The maximum absolute atomic E-state index is 14.2. The largest absolute Gasteiger partial charge is 2.00 e. The number of aromatic nitrogens is 1. The van der Waals surface area contributed by atoms with Gasteiger partial charge >= 0.3 is 37.7 Å². The first kappa shape index (κ1) is 23.6. The predicted octanol–water partition coefficient (Wildman–Crippen LogP) is 2.43. The number of carboxylic acid groups (broad SMARTS) is 1. The summed E-state index contributed by atoms with van der Waals surface area (Å²) in [7, 11) is 0. The van der Waals surface area contributed by atoms with E-state index in [1.54, 1.807) is 6.07 Å². The fourth-order valence-electron chi connectivity index (χ4n) is 4.94. The van der Waals surface area contributed by atoms with Gasteiger partial charge in [0.25, 0.3) is 0 Å². The smallest absolute Gasteiger partial charge is 0.550 e. The molecule has 2 aromatic carbocycles. The van der Waals surface area contributed by atoms with Crippen LogP contribution in [0.5, 0.6) is 0 Å². The number of aliphatic carboxylic acids is 1. The molecule has 1 fully saturated rings. The Balaban J connectivity index is 0.00000245. The van der Waals surface area contributed by atoms with Gasteiger partial charge in [0.15, 0.2) is 0 Å². The maximum Gasteiger partial charge on any atom is 2.00 e. The van der Waals surface area contributed by atoms with Crippen molar-refractivity contribution in [3.8, 4) is 11.1 Å². The van der Waals surface area contributed by atoms with Crippen LogP contribution in [0.4, 0.5) is 4.39 Å². The molecular formula is C25H23CaFNO4+. The molecule has 3 aromatic rings. The molecule has 0 bridgehead atoms. The van der Waals surface area contributed by atoms with Gasteiger partial charge in [-0.2, -0.15) is 0 Å². The summed E-state index contributed by atoms with van der Waals surface area (Å²) in [5.74, 6) is -1.83. The summed E-state index contributed by atoms with van der Waals surface area (Å²) >= 11 is 0. The van der Waals surface area contributed by atoms with Crippen LogP contribution in [0.2, 0.25) is 0 Å². The zero-order chi connectivity index (χ0) is 21.7. The molecule has 0 aliphatic heterocycles. The molecule has 2 aliphatic rings. The SMILES string of the molecule is O=C([O-])C[C@H](O)C[C@H](O)[C@H]1Cc2c(C3CC3)nc3ccccc3c2-c2ccc(F)cc21.[Ca+2]. The van der Waals surface area contributed by atoms with Crippen molar-refractivity contribution >= 4 is 54.6 Å². The average Bonchev–Trinajstić information content (AvgIpc) is 3.56. The van der Waals surface area contributed by atoms with Crippen molar-refractivity contribution in [3.63, 3.8) is 0 Å². The van der Waals surface area contributed by atoms with E-state index in [9.17, 15) is 24.5 Å². The molecule has 3 atom stereocenters. The molecule has 1 saturated carbocycles. The van der Waals surface area contributed by atoms with E-state index in [4.69, 9.17) is 4.98 Å². The molecule has 2 aliphatic carbocycles. The minimum absolute atomic E-state index is 0. The second-order valence-corrected chi connectivity index (χ2v) is 8.72. The zero-order valence-electron chi connectivity index (χ0n) is 17.6. The number of nitrogens with zero attached hydrogens (tertiary/aromatic N) is 1. The Labute approximate surface area is 215 Å². The second kappa shape index (κ2) is 9.35. The van der Waals surface area contributed by atoms with Crippen LogP contribution in [0, 0.1) is 5.82 Å². The monoisotopic (exact) mass is 460 g/mol. The number of hydrogen-bond acceptors (Lipinski definition) is 5. The van der Waals surface area contributed by atoms with Gasteiger partial charge < -0.3 is 20.1 Å². The Morgan fingerprint density at radius 3 is 2.66 bits per heavy atom. The van der Waals surface area contributed by atoms with Crippen molar-refractivity contribution in [3.05, 3.63) is 65.1 Å². The molecular weight excluding hydrogens is 437 g/mol. The van der Waals surface area contributed by atoms with Crippen LogP contribution in [-0.4, -0.2) is 71.1 Å². The van der Waals surface area contributed by atoms with Crippen molar-refractivity contribution < 1.29 is 24.5 Å². The van der Waals surface area contributed by atoms with E-state index < -0.39 is 36.3 Å². The molecule has 5 nitrogen and oxygen atoms in total. The molecule has 32 heavy (non-hydrogen) atoms. The van der Waals surface area contributed by atoms with Crippen LogP contribution in [0.1, 0.15) is 54.3 Å². The molecule has 1 heterocycles. The predicted molar refractivity (Wildman–Crippen MR) is 118 cm³/mol. The number of para-hydroxylation sites is 1. The van der Waals surface area contributed by atoms with Gasteiger partial charge in [-0.15, -0.1) is 0 Å². The van der Waals surface area contributed by atoms with Crippen LogP contribution >= 0.6 is 0 Å². The third-order valence-electron chi connectivity index (χ3n) is 6.48. The third kappa shape index (κ3) is 4.44. The van der Waals surface area contributed by atoms with Crippen molar-refractivity contribution in [2.24, 2.45) is 0 Å². The standard InChI is InChI=1S/C25H24FNO4.Ca/c26-14-7-8-16-18(9-14)19(22(29)10-15(28)11-23(30)31)12-20-24(16)17-3-1-2-4-21(17)27-25(20)13-5-6-13;/h1-4,7-9,13,15,19,22,28-29H,5-6,10-12H2,(H,30,31);/q;+2/p-1/t15-,19+,22+;/m1./s1. The Kier molecular flexibility index (Phi) is 6.89. The van der Waals surface area contributed by atoms with Gasteiger partial charge in [-0.25, -0.2) is 4.39 Å². The quantitative estimate of drug-likeness (QED) is 0.551. The first-order chi connectivity index (χ1) is 14.9. The van der Waals surface area contributed by atoms with Crippen molar-refractivity contribution in [1.29, 1.82) is 0 Å². The number of hydrogen-bond donors (Lipinski definition) is 2. The first-order valence-electron chi connectivity index (χ1n) is 10.7. The Hall–Kier alpha value is -1.57. The summed E-state index contributed by atoms with van der Waals surface area (Å²) in [4.78, 5) is 15.8. The fourth-order valence-corrected chi connectivity index (χ4v) is 4.94. The number of pyridine rings is 1. The number of aliphatic hydroxyl groups is 2. The Morgan fingerprint density at radius 2 is 1.94 bits per heavy atom. The number of fused-ring (bicyclic) bond motifs is 5. The summed E-state index contributed by atoms with van der Waals surface area (Å²) in [5, 5.41) is 32.8. The number of rotatable bonds is 6. The van der Waals surface area contributed by atoms with E-state index in [2.05, 4.69) is 0 Å². The van der Waals surface area contributed by atoms with Crippen molar-refractivity contribution in [2.45, 2.75) is 56.1 Å². The van der Waals surface area contributed by atoms with E-state index in [0.29, 0.717) is 17.9 Å². The van der Waals surface area contributed by atoms with Gasteiger partial charge in [0, 0.05) is 41.7 Å². The number of halogens is 1. The number of carbonyl (C=O) groups is 1. The topological polar surface area (TPSA) is 93.5 Å². The zero-order valence-corrected chi connectivity index (χ0v) is 19.8. The van der Waals surface area contributed by atoms with Gasteiger partial charge in [-0.3, -0.25) is 4.98 Å². The first-order valence-corrected chi connectivity index (χ1v) is 10.7. The van der Waals surface area contributed by atoms with Gasteiger partial charge in [-0.1, -0.05) is 24.3 Å². The van der Waals surface area contributed by atoms with E-state index in [1.807, 2.05) is 24.3 Å². The molecule has 160 valence electrons. The summed E-state index contributed by atoms with van der Waals surface area (Å²) in [6, 6.07) is 12.5.